The molecule has 6 nitrogen and oxygen atoms in total. The van der Waals surface area contributed by atoms with Crippen LogP contribution in [0.4, 0.5) is 0 Å². The van der Waals surface area contributed by atoms with Crippen LogP contribution in [0, 0.1) is 0 Å². The molecule has 0 radical (unpaired) electrons. The van der Waals surface area contributed by atoms with Crippen molar-refractivity contribution in [1.82, 2.24) is 14.1 Å². The van der Waals surface area contributed by atoms with Crippen LogP contribution in [0.2, 0.25) is 5.02 Å². The Kier molecular flexibility index (Phi) is 9.03. The Hall–Kier alpha value is -2.71. The zero-order valence-electron chi connectivity index (χ0n) is 22.2. The number of sulfonamides is 1. The lowest BCUT2D eigenvalue weighted by Gasteiger charge is -2.41. The fourth-order valence-corrected chi connectivity index (χ4v) is 7.63. The van der Waals surface area contributed by atoms with Crippen LogP contribution in [0.5, 0.6) is 0 Å². The highest BCUT2D eigenvalue weighted by Gasteiger charge is 2.36. The van der Waals surface area contributed by atoms with Crippen molar-refractivity contribution in [2.45, 2.75) is 49.1 Å². The topological polar surface area (TPSA) is 60.9 Å². The van der Waals surface area contributed by atoms with E-state index >= 15 is 0 Å². The molecule has 3 aromatic carbocycles. The van der Waals surface area contributed by atoms with Gasteiger partial charge in [-0.05, 0) is 48.2 Å². The summed E-state index contributed by atoms with van der Waals surface area (Å²) in [4.78, 5) is 18.0. The van der Waals surface area contributed by atoms with Crippen LogP contribution < -0.4 is 0 Å². The van der Waals surface area contributed by atoms with E-state index in [1.807, 2.05) is 17.0 Å². The van der Waals surface area contributed by atoms with Gasteiger partial charge in [-0.25, -0.2) is 8.42 Å². The molecule has 1 saturated heterocycles. The first kappa shape index (κ1) is 27.8. The molecule has 2 fully saturated rings. The van der Waals surface area contributed by atoms with Crippen LogP contribution in [0.15, 0.2) is 89.8 Å². The maximum atomic E-state index is 13.7. The van der Waals surface area contributed by atoms with Crippen molar-refractivity contribution in [2.75, 3.05) is 32.7 Å². The van der Waals surface area contributed by atoms with Gasteiger partial charge in [0, 0.05) is 37.2 Å². The number of carbonyl (C=O) groups is 1. The van der Waals surface area contributed by atoms with E-state index in [1.165, 1.54) is 27.6 Å². The second-order valence-corrected chi connectivity index (χ2v) is 12.8. The summed E-state index contributed by atoms with van der Waals surface area (Å²) in [6, 6.07) is 27.1. The number of rotatable bonds is 8. The molecular weight excluding hydrogens is 530 g/mol. The molecule has 2 aliphatic rings. The molecule has 1 heterocycles. The average Bonchev–Trinajstić information content (AvgIpc) is 2.98. The summed E-state index contributed by atoms with van der Waals surface area (Å²) in [5, 5.41) is 0.483. The van der Waals surface area contributed by atoms with Crippen molar-refractivity contribution in [1.29, 1.82) is 0 Å². The summed E-state index contributed by atoms with van der Waals surface area (Å²) in [7, 11) is -3.83. The molecule has 206 valence electrons. The fraction of sp³-hybridized carbons (Fsp3) is 0.387. The van der Waals surface area contributed by atoms with E-state index in [0.717, 1.165) is 32.1 Å². The molecule has 1 aliphatic heterocycles. The van der Waals surface area contributed by atoms with E-state index in [9.17, 15) is 13.2 Å². The Morgan fingerprint density at radius 3 is 1.87 bits per heavy atom. The molecule has 3 aromatic rings. The van der Waals surface area contributed by atoms with Gasteiger partial charge in [-0.1, -0.05) is 91.5 Å². The lowest BCUT2D eigenvalue weighted by Crippen LogP contribution is -2.53. The Balaban J connectivity index is 1.31. The smallest absolute Gasteiger partial charge is 0.243 e. The third-order valence-electron chi connectivity index (χ3n) is 7.96. The van der Waals surface area contributed by atoms with Crippen molar-refractivity contribution in [3.05, 3.63) is 101 Å². The molecule has 8 heteroatoms. The number of piperazine rings is 1. The number of hydrogen-bond acceptors (Lipinski definition) is 4. The minimum atomic E-state index is -3.83. The first-order valence-electron chi connectivity index (χ1n) is 13.8. The summed E-state index contributed by atoms with van der Waals surface area (Å²) in [5.41, 5.74) is 2.45. The number of benzene rings is 3. The predicted octanol–water partition coefficient (Wildman–Crippen LogP) is 5.60. The summed E-state index contributed by atoms with van der Waals surface area (Å²) in [5.74, 6) is -0.131. The second-order valence-electron chi connectivity index (χ2n) is 10.4. The Bertz CT molecular complexity index is 1280. The summed E-state index contributed by atoms with van der Waals surface area (Å²) < 4.78 is 28.9. The van der Waals surface area contributed by atoms with Crippen molar-refractivity contribution < 1.29 is 13.2 Å². The quantitative estimate of drug-likeness (QED) is 0.357. The van der Waals surface area contributed by atoms with Gasteiger partial charge in [-0.15, -0.1) is 0 Å². The van der Waals surface area contributed by atoms with Crippen LogP contribution in [0.25, 0.3) is 0 Å². The van der Waals surface area contributed by atoms with E-state index in [4.69, 9.17) is 11.6 Å². The van der Waals surface area contributed by atoms with Crippen LogP contribution in [-0.4, -0.2) is 67.2 Å². The predicted molar refractivity (Wildman–Crippen MR) is 155 cm³/mol. The number of amides is 1. The third-order valence-corrected chi connectivity index (χ3v) is 10.1. The normalized spacial score (nSPS) is 17.6. The van der Waals surface area contributed by atoms with Gasteiger partial charge in [-0.3, -0.25) is 9.69 Å². The van der Waals surface area contributed by atoms with E-state index in [0.29, 0.717) is 31.2 Å². The zero-order chi connectivity index (χ0) is 27.2. The molecule has 1 aliphatic carbocycles. The zero-order valence-corrected chi connectivity index (χ0v) is 23.7. The van der Waals surface area contributed by atoms with Crippen LogP contribution in [0.1, 0.15) is 49.3 Å². The minimum absolute atomic E-state index is 0.105. The minimum Gasteiger partial charge on any atom is -0.339 e. The molecule has 0 aromatic heterocycles. The van der Waals surface area contributed by atoms with Gasteiger partial charge < -0.3 is 4.90 Å². The van der Waals surface area contributed by atoms with Gasteiger partial charge in [-0.2, -0.15) is 4.31 Å². The Morgan fingerprint density at radius 2 is 1.33 bits per heavy atom. The lowest BCUT2D eigenvalue weighted by molar-refractivity contribution is -0.133. The van der Waals surface area contributed by atoms with Crippen molar-refractivity contribution >= 4 is 27.5 Å². The molecule has 0 atom stereocenters. The Labute approximate surface area is 237 Å². The summed E-state index contributed by atoms with van der Waals surface area (Å²) >= 11 is 6.01. The van der Waals surface area contributed by atoms with Crippen LogP contribution in [-0.2, 0) is 14.8 Å². The Morgan fingerprint density at radius 1 is 0.795 bits per heavy atom. The van der Waals surface area contributed by atoms with Crippen molar-refractivity contribution in [2.24, 2.45) is 0 Å². The molecule has 5 rings (SSSR count). The van der Waals surface area contributed by atoms with Gasteiger partial charge in [0.15, 0.2) is 0 Å². The van der Waals surface area contributed by atoms with Gasteiger partial charge >= 0.3 is 0 Å². The van der Waals surface area contributed by atoms with Crippen molar-refractivity contribution in [3.63, 3.8) is 0 Å². The van der Waals surface area contributed by atoms with E-state index in [2.05, 4.69) is 53.4 Å². The number of hydrogen-bond donors (Lipinski definition) is 0. The first-order valence-corrected chi connectivity index (χ1v) is 15.6. The standard InChI is InChI=1S/C31H36ClN3O3S/c32-27-16-18-29(19-17-27)39(37,38)35(28-14-8-3-9-15-28)24-30(36)33-20-22-34(23-21-33)31(25-10-4-1-5-11-25)26-12-6-2-7-13-26/h1-2,4-7,10-13,16-19,28,31H,3,8-9,14-15,20-24H2. The SMILES string of the molecule is O=C(CN(C1CCCCC1)S(=O)(=O)c1ccc(Cl)cc1)N1CCN(C(c2ccccc2)c2ccccc2)CC1. The molecule has 0 spiro atoms. The largest absolute Gasteiger partial charge is 0.339 e. The third kappa shape index (κ3) is 6.55. The summed E-state index contributed by atoms with van der Waals surface area (Å²) in [6.45, 7) is 2.43. The summed E-state index contributed by atoms with van der Waals surface area (Å²) in [6.07, 6.45) is 4.62. The maximum absolute atomic E-state index is 13.7. The van der Waals surface area contributed by atoms with Gasteiger partial charge in [0.2, 0.25) is 15.9 Å². The average molecular weight is 566 g/mol. The molecule has 39 heavy (non-hydrogen) atoms. The van der Waals surface area contributed by atoms with Crippen molar-refractivity contribution in [3.8, 4) is 0 Å². The van der Waals surface area contributed by atoms with Gasteiger partial charge in [0.25, 0.3) is 0 Å². The molecule has 1 saturated carbocycles. The number of halogens is 1. The maximum Gasteiger partial charge on any atom is 0.243 e. The van der Waals surface area contributed by atoms with E-state index < -0.39 is 10.0 Å². The molecule has 0 N–H and O–H groups in total. The van der Waals surface area contributed by atoms with E-state index in [-0.39, 0.29) is 29.4 Å². The number of nitrogens with zero attached hydrogens (tertiary/aromatic N) is 3. The van der Waals surface area contributed by atoms with E-state index in [1.54, 1.807) is 12.1 Å². The molecule has 1 amide bonds. The number of carbonyl (C=O) groups excluding carboxylic acids is 1. The highest BCUT2D eigenvalue weighted by molar-refractivity contribution is 7.89. The van der Waals surface area contributed by atoms with Crippen LogP contribution in [0.3, 0.4) is 0 Å². The van der Waals surface area contributed by atoms with Gasteiger partial charge in [0.05, 0.1) is 17.5 Å². The van der Waals surface area contributed by atoms with Gasteiger partial charge in [0.1, 0.15) is 0 Å². The fourth-order valence-electron chi connectivity index (χ4n) is 5.87. The van der Waals surface area contributed by atoms with Crippen LogP contribution >= 0.6 is 11.6 Å². The highest BCUT2D eigenvalue weighted by atomic mass is 35.5. The lowest BCUT2D eigenvalue weighted by atomic mass is 9.95. The monoisotopic (exact) mass is 565 g/mol. The highest BCUT2D eigenvalue weighted by Crippen LogP contribution is 2.31. The first-order chi connectivity index (χ1) is 18.9. The molecule has 0 bridgehead atoms. The second kappa shape index (κ2) is 12.6. The molecule has 0 unspecified atom stereocenters. The molecular formula is C31H36ClN3O3S.